The number of hydrogen-bond acceptors (Lipinski definition) is 5. The molecule has 2 aromatic rings. The molecule has 3 rings (SSSR count). The van der Waals surface area contributed by atoms with Gasteiger partial charge in [0, 0.05) is 12.0 Å². The van der Waals surface area contributed by atoms with Crippen LogP contribution < -0.4 is 0 Å². The van der Waals surface area contributed by atoms with Crippen LogP contribution >= 0.6 is 0 Å². The Balaban J connectivity index is 2.24. The molecule has 0 unspecified atom stereocenters. The second-order valence-electron chi connectivity index (χ2n) is 5.06. The van der Waals surface area contributed by atoms with E-state index < -0.39 is 10.9 Å². The van der Waals surface area contributed by atoms with Gasteiger partial charge >= 0.3 is 5.97 Å². The zero-order chi connectivity index (χ0) is 15.1. The third kappa shape index (κ3) is 2.24. The molecule has 1 aliphatic rings. The van der Waals surface area contributed by atoms with E-state index in [-0.39, 0.29) is 23.0 Å². The fraction of sp³-hybridized carbons (Fsp3) is 0.308. The van der Waals surface area contributed by atoms with Crippen molar-refractivity contribution < 1.29 is 14.8 Å². The van der Waals surface area contributed by atoms with Gasteiger partial charge < -0.3 is 5.11 Å². The predicted octanol–water partition coefficient (Wildman–Crippen LogP) is 2.06. The predicted molar refractivity (Wildman–Crippen MR) is 71.7 cm³/mol. The van der Waals surface area contributed by atoms with Crippen LogP contribution in [0.25, 0.3) is 5.69 Å². The Morgan fingerprint density at radius 1 is 1.48 bits per heavy atom. The van der Waals surface area contributed by atoms with E-state index in [0.29, 0.717) is 5.69 Å². The van der Waals surface area contributed by atoms with Crippen molar-refractivity contribution in [2.75, 3.05) is 0 Å². The molecular formula is C13H12N4O4. The summed E-state index contributed by atoms with van der Waals surface area (Å²) in [5, 5.41) is 27.9. The van der Waals surface area contributed by atoms with Crippen LogP contribution in [0.5, 0.6) is 0 Å². The van der Waals surface area contributed by atoms with Crippen molar-refractivity contribution >= 4 is 11.7 Å². The fourth-order valence-corrected chi connectivity index (χ4v) is 2.30. The number of rotatable bonds is 4. The van der Waals surface area contributed by atoms with E-state index in [2.05, 4.69) is 10.3 Å². The second kappa shape index (κ2) is 4.65. The summed E-state index contributed by atoms with van der Waals surface area (Å²) in [6, 6.07) is 4.64. The smallest absolute Gasteiger partial charge is 0.358 e. The normalized spacial score (nSPS) is 14.1. The van der Waals surface area contributed by atoms with E-state index in [1.54, 1.807) is 19.1 Å². The highest BCUT2D eigenvalue weighted by Gasteiger charge is 2.35. The van der Waals surface area contributed by atoms with E-state index in [0.717, 1.165) is 18.4 Å². The molecule has 0 saturated heterocycles. The standard InChI is InChI=1S/C13H12N4O4/c1-7-2-5-9(17(20)21)10(6-7)16-12(8-3-4-8)11(13(18)19)14-15-16/h2,5-6,8H,3-4H2,1H3,(H,18,19). The Morgan fingerprint density at radius 3 is 2.76 bits per heavy atom. The van der Waals surface area contributed by atoms with Crippen LogP contribution in [-0.2, 0) is 0 Å². The first kappa shape index (κ1) is 13.2. The molecular weight excluding hydrogens is 276 g/mol. The van der Waals surface area contributed by atoms with Gasteiger partial charge in [0.15, 0.2) is 5.69 Å². The van der Waals surface area contributed by atoms with Crippen molar-refractivity contribution in [1.29, 1.82) is 0 Å². The van der Waals surface area contributed by atoms with E-state index in [1.165, 1.54) is 10.7 Å². The number of carboxylic acid groups (broad SMARTS) is 1. The lowest BCUT2D eigenvalue weighted by Crippen LogP contribution is -2.08. The van der Waals surface area contributed by atoms with E-state index >= 15 is 0 Å². The average Bonchev–Trinajstić information content (AvgIpc) is 3.16. The molecule has 108 valence electrons. The van der Waals surface area contributed by atoms with Gasteiger partial charge in [-0.3, -0.25) is 10.1 Å². The van der Waals surface area contributed by atoms with Gasteiger partial charge in [-0.05, 0) is 31.4 Å². The molecule has 21 heavy (non-hydrogen) atoms. The molecule has 1 heterocycles. The van der Waals surface area contributed by atoms with Crippen molar-refractivity contribution in [1.82, 2.24) is 15.0 Å². The maximum absolute atomic E-state index is 11.2. The topological polar surface area (TPSA) is 111 Å². The van der Waals surface area contributed by atoms with E-state index in [1.807, 2.05) is 0 Å². The minimum Gasteiger partial charge on any atom is -0.476 e. The number of nitro benzene ring substituents is 1. The third-order valence-corrected chi connectivity index (χ3v) is 3.43. The highest BCUT2D eigenvalue weighted by atomic mass is 16.6. The summed E-state index contributed by atoms with van der Waals surface area (Å²) in [4.78, 5) is 21.9. The molecule has 8 heteroatoms. The van der Waals surface area contributed by atoms with Gasteiger partial charge in [-0.25, -0.2) is 9.48 Å². The molecule has 0 aliphatic heterocycles. The first-order chi connectivity index (χ1) is 9.99. The van der Waals surface area contributed by atoms with Crippen LogP contribution in [0.3, 0.4) is 0 Å². The quantitative estimate of drug-likeness (QED) is 0.680. The molecule has 1 N–H and O–H groups in total. The first-order valence-electron chi connectivity index (χ1n) is 6.43. The number of aromatic nitrogens is 3. The lowest BCUT2D eigenvalue weighted by molar-refractivity contribution is -0.384. The van der Waals surface area contributed by atoms with Crippen LogP contribution in [-0.4, -0.2) is 31.0 Å². The molecule has 0 bridgehead atoms. The molecule has 1 saturated carbocycles. The van der Waals surface area contributed by atoms with E-state index in [9.17, 15) is 20.0 Å². The third-order valence-electron chi connectivity index (χ3n) is 3.43. The average molecular weight is 288 g/mol. The van der Waals surface area contributed by atoms with Crippen molar-refractivity contribution in [3.8, 4) is 5.69 Å². The summed E-state index contributed by atoms with van der Waals surface area (Å²) in [6.07, 6.45) is 1.68. The van der Waals surface area contributed by atoms with E-state index in [4.69, 9.17) is 0 Å². The molecule has 0 atom stereocenters. The summed E-state index contributed by atoms with van der Waals surface area (Å²) < 4.78 is 1.30. The van der Waals surface area contributed by atoms with Crippen LogP contribution in [0.2, 0.25) is 0 Å². The van der Waals surface area contributed by atoms with Crippen LogP contribution in [0.1, 0.15) is 40.5 Å². The maximum Gasteiger partial charge on any atom is 0.358 e. The lowest BCUT2D eigenvalue weighted by Gasteiger charge is -2.07. The number of nitro groups is 1. The summed E-state index contributed by atoms with van der Waals surface area (Å²) in [5.74, 6) is -1.12. The Kier molecular flexibility index (Phi) is 2.93. The van der Waals surface area contributed by atoms with Gasteiger partial charge in [-0.15, -0.1) is 5.10 Å². The Bertz CT molecular complexity index is 749. The monoisotopic (exact) mass is 288 g/mol. The van der Waals surface area contributed by atoms with Crippen molar-refractivity contribution in [3.05, 3.63) is 45.3 Å². The van der Waals surface area contributed by atoms with Crippen LogP contribution in [0.15, 0.2) is 18.2 Å². The highest BCUT2D eigenvalue weighted by molar-refractivity contribution is 5.87. The maximum atomic E-state index is 11.2. The van der Waals surface area contributed by atoms with Crippen molar-refractivity contribution in [3.63, 3.8) is 0 Å². The fourth-order valence-electron chi connectivity index (χ4n) is 2.30. The van der Waals surface area contributed by atoms with Gasteiger partial charge in [0.2, 0.25) is 0 Å². The minimum atomic E-state index is -1.17. The zero-order valence-electron chi connectivity index (χ0n) is 11.2. The molecule has 1 aromatic carbocycles. The van der Waals surface area contributed by atoms with Crippen LogP contribution in [0, 0.1) is 17.0 Å². The molecule has 0 radical (unpaired) electrons. The summed E-state index contributed by atoms with van der Waals surface area (Å²) in [6.45, 7) is 1.80. The van der Waals surface area contributed by atoms with Crippen LogP contribution in [0.4, 0.5) is 5.69 Å². The molecule has 1 aliphatic carbocycles. The Morgan fingerprint density at radius 2 is 2.19 bits per heavy atom. The van der Waals surface area contributed by atoms with Crippen molar-refractivity contribution in [2.45, 2.75) is 25.7 Å². The number of aryl methyl sites for hydroxylation is 1. The SMILES string of the molecule is Cc1ccc([N+](=O)[O-])c(-n2nnc(C(=O)O)c2C2CC2)c1. The van der Waals surface area contributed by atoms with Gasteiger partial charge in [0.25, 0.3) is 5.69 Å². The molecule has 8 nitrogen and oxygen atoms in total. The number of benzene rings is 1. The summed E-state index contributed by atoms with van der Waals surface area (Å²) >= 11 is 0. The van der Waals surface area contributed by atoms with Gasteiger partial charge in [0.05, 0.1) is 10.6 Å². The minimum absolute atomic E-state index is 0.0474. The number of hydrogen-bond donors (Lipinski definition) is 1. The van der Waals surface area contributed by atoms with Crippen molar-refractivity contribution in [2.24, 2.45) is 0 Å². The second-order valence-corrected chi connectivity index (χ2v) is 5.06. The van der Waals surface area contributed by atoms with Gasteiger partial charge in [0.1, 0.15) is 5.69 Å². The first-order valence-corrected chi connectivity index (χ1v) is 6.43. The molecule has 1 aromatic heterocycles. The number of carbonyl (C=O) groups is 1. The van der Waals surface area contributed by atoms with Gasteiger partial charge in [-0.1, -0.05) is 11.3 Å². The summed E-state index contributed by atoms with van der Waals surface area (Å²) in [5.41, 5.74) is 1.26. The summed E-state index contributed by atoms with van der Waals surface area (Å²) in [7, 11) is 0. The molecule has 0 amide bonds. The lowest BCUT2D eigenvalue weighted by atomic mass is 10.1. The highest BCUT2D eigenvalue weighted by Crippen LogP contribution is 2.42. The molecule has 1 fully saturated rings. The zero-order valence-corrected chi connectivity index (χ0v) is 11.2. The Hall–Kier alpha value is -2.77. The number of aromatic carboxylic acids is 1. The van der Waals surface area contributed by atoms with Gasteiger partial charge in [-0.2, -0.15) is 0 Å². The number of carboxylic acids is 1. The Labute approximate surface area is 119 Å². The largest absolute Gasteiger partial charge is 0.476 e. The molecule has 0 spiro atoms. The number of nitrogens with zero attached hydrogens (tertiary/aromatic N) is 4.